The van der Waals surface area contributed by atoms with E-state index in [1.807, 2.05) is 37.3 Å². The van der Waals surface area contributed by atoms with Crippen LogP contribution in [-0.2, 0) is 16.0 Å². The summed E-state index contributed by atoms with van der Waals surface area (Å²) in [6.45, 7) is 2.25. The van der Waals surface area contributed by atoms with Crippen molar-refractivity contribution in [3.05, 3.63) is 35.9 Å². The van der Waals surface area contributed by atoms with Crippen molar-refractivity contribution in [3.63, 3.8) is 0 Å². The molecule has 0 saturated carbocycles. The smallest absolute Gasteiger partial charge is 0.228 e. The lowest BCUT2D eigenvalue weighted by atomic mass is 10.1. The molecule has 14 heavy (non-hydrogen) atoms. The number of rotatable bonds is 4. The first-order chi connectivity index (χ1) is 6.74. The van der Waals surface area contributed by atoms with Crippen LogP contribution in [0.3, 0.4) is 0 Å². The molecule has 0 fully saturated rings. The van der Waals surface area contributed by atoms with Crippen LogP contribution < -0.4 is 0 Å². The Balaban J connectivity index is 2.53. The highest BCUT2D eigenvalue weighted by atomic mass is 32.1. The van der Waals surface area contributed by atoms with Gasteiger partial charge in [0.2, 0.25) is 10.8 Å². The first-order valence-corrected chi connectivity index (χ1v) is 4.88. The molecule has 0 aliphatic rings. The second-order valence-corrected chi connectivity index (χ2v) is 3.18. The Morgan fingerprint density at radius 1 is 1.36 bits per heavy atom. The lowest BCUT2D eigenvalue weighted by Crippen LogP contribution is -2.17. The zero-order valence-corrected chi connectivity index (χ0v) is 8.84. The lowest BCUT2D eigenvalue weighted by molar-refractivity contribution is -0.113. The molecule has 0 aliphatic carbocycles. The molecule has 0 atom stereocenters. The Morgan fingerprint density at radius 3 is 2.57 bits per heavy atom. The highest BCUT2D eigenvalue weighted by Crippen LogP contribution is 2.01. The summed E-state index contributed by atoms with van der Waals surface area (Å²) < 4.78 is 4.96. The van der Waals surface area contributed by atoms with Crippen molar-refractivity contribution >= 4 is 23.1 Å². The van der Waals surface area contributed by atoms with Gasteiger partial charge in [-0.05, 0) is 24.7 Å². The maximum absolute atomic E-state index is 11.4. The number of Topliss-reactive ketones (excluding diaryl/α,β-unsaturated/α-hetero) is 1. The molecule has 2 nitrogen and oxygen atoms in total. The predicted octanol–water partition coefficient (Wildman–Crippen LogP) is 2.16. The summed E-state index contributed by atoms with van der Waals surface area (Å²) in [6, 6.07) is 9.49. The number of carbonyl (C=O) groups excluding carboxylic acids is 1. The average molecular weight is 208 g/mol. The summed E-state index contributed by atoms with van der Waals surface area (Å²) >= 11 is 4.80. The number of thiocarbonyl (C=S) groups is 1. The number of carbonyl (C=O) groups is 1. The minimum atomic E-state index is -0.131. The number of ketones is 1. The van der Waals surface area contributed by atoms with E-state index in [1.54, 1.807) is 0 Å². The van der Waals surface area contributed by atoms with E-state index in [9.17, 15) is 4.79 Å². The summed E-state index contributed by atoms with van der Waals surface area (Å²) in [7, 11) is 0. The molecule has 0 spiro atoms. The Bertz CT molecular complexity index is 319. The number of ether oxygens (including phenoxy) is 1. The van der Waals surface area contributed by atoms with Crippen LogP contribution in [0.4, 0.5) is 0 Å². The molecule has 3 heteroatoms. The third kappa shape index (κ3) is 3.26. The van der Waals surface area contributed by atoms with E-state index in [1.165, 1.54) is 0 Å². The fourth-order valence-electron chi connectivity index (χ4n) is 1.07. The van der Waals surface area contributed by atoms with Crippen LogP contribution in [0.2, 0.25) is 0 Å². The Morgan fingerprint density at radius 2 is 2.00 bits per heavy atom. The van der Waals surface area contributed by atoms with Crippen LogP contribution in [0.15, 0.2) is 30.3 Å². The molecule has 1 aromatic carbocycles. The standard InChI is InChI=1S/C11H12O2S/c1-2-13-11(14)10(12)8-9-6-4-3-5-7-9/h3-7H,2,8H2,1H3. The van der Waals surface area contributed by atoms with E-state index in [0.717, 1.165) is 5.56 Å². The molecule has 0 radical (unpaired) electrons. The van der Waals surface area contributed by atoms with Crippen LogP contribution in [0, 0.1) is 0 Å². The van der Waals surface area contributed by atoms with Crippen molar-refractivity contribution in [2.45, 2.75) is 13.3 Å². The molecule has 0 aliphatic heterocycles. The molecule has 0 bridgehead atoms. The van der Waals surface area contributed by atoms with Gasteiger partial charge in [-0.1, -0.05) is 30.3 Å². The molecule has 0 unspecified atom stereocenters. The third-order valence-corrected chi connectivity index (χ3v) is 2.06. The quantitative estimate of drug-likeness (QED) is 0.709. The van der Waals surface area contributed by atoms with Gasteiger partial charge in [0.25, 0.3) is 0 Å². The topological polar surface area (TPSA) is 26.3 Å². The molecule has 0 N–H and O–H groups in total. The third-order valence-electron chi connectivity index (χ3n) is 1.71. The van der Waals surface area contributed by atoms with Crippen molar-refractivity contribution < 1.29 is 9.53 Å². The second kappa shape index (κ2) is 5.50. The van der Waals surface area contributed by atoms with Gasteiger partial charge >= 0.3 is 0 Å². The minimum absolute atomic E-state index is 0.0800. The second-order valence-electron chi connectivity index (χ2n) is 2.81. The lowest BCUT2D eigenvalue weighted by Gasteiger charge is -2.03. The van der Waals surface area contributed by atoms with Gasteiger partial charge in [-0.15, -0.1) is 0 Å². The van der Waals surface area contributed by atoms with Gasteiger partial charge < -0.3 is 4.74 Å². The van der Waals surface area contributed by atoms with Crippen LogP contribution in [-0.4, -0.2) is 17.4 Å². The SMILES string of the molecule is CCOC(=S)C(=O)Cc1ccccc1. The number of hydrogen-bond donors (Lipinski definition) is 0. The zero-order chi connectivity index (χ0) is 10.4. The summed E-state index contributed by atoms with van der Waals surface area (Å²) in [6.07, 6.45) is 0.319. The van der Waals surface area contributed by atoms with E-state index in [2.05, 4.69) is 0 Å². The molecule has 0 aromatic heterocycles. The largest absolute Gasteiger partial charge is 0.481 e. The van der Waals surface area contributed by atoms with Gasteiger partial charge in [0.15, 0.2) is 0 Å². The highest BCUT2D eigenvalue weighted by molar-refractivity contribution is 7.81. The van der Waals surface area contributed by atoms with Crippen LogP contribution in [0.1, 0.15) is 12.5 Å². The molecule has 0 heterocycles. The molecule has 1 aromatic rings. The monoisotopic (exact) mass is 208 g/mol. The average Bonchev–Trinajstić information content (AvgIpc) is 2.19. The highest BCUT2D eigenvalue weighted by Gasteiger charge is 2.10. The van der Waals surface area contributed by atoms with Crippen molar-refractivity contribution in [2.24, 2.45) is 0 Å². The first-order valence-electron chi connectivity index (χ1n) is 4.48. The van der Waals surface area contributed by atoms with Gasteiger partial charge in [-0.25, -0.2) is 0 Å². The van der Waals surface area contributed by atoms with Crippen molar-refractivity contribution in [2.75, 3.05) is 6.61 Å². The Kier molecular flexibility index (Phi) is 4.26. The molecular formula is C11H12O2S. The van der Waals surface area contributed by atoms with Gasteiger partial charge in [0.05, 0.1) is 6.61 Å². The van der Waals surface area contributed by atoms with Crippen molar-refractivity contribution in [1.82, 2.24) is 0 Å². The first kappa shape index (κ1) is 10.9. The number of benzene rings is 1. The van der Waals surface area contributed by atoms with E-state index >= 15 is 0 Å². The molecule has 74 valence electrons. The maximum Gasteiger partial charge on any atom is 0.228 e. The molecular weight excluding hydrogens is 196 g/mol. The van der Waals surface area contributed by atoms with Crippen LogP contribution in [0.5, 0.6) is 0 Å². The fraction of sp³-hybridized carbons (Fsp3) is 0.273. The number of hydrogen-bond acceptors (Lipinski definition) is 3. The van der Waals surface area contributed by atoms with Gasteiger partial charge in [0, 0.05) is 6.42 Å². The van der Waals surface area contributed by atoms with E-state index in [-0.39, 0.29) is 10.8 Å². The molecule has 0 amide bonds. The van der Waals surface area contributed by atoms with E-state index < -0.39 is 0 Å². The zero-order valence-electron chi connectivity index (χ0n) is 8.03. The molecule has 0 saturated heterocycles. The summed E-state index contributed by atoms with van der Waals surface area (Å²) in [5.74, 6) is -0.131. The molecule has 1 rings (SSSR count). The maximum atomic E-state index is 11.4. The fourth-order valence-corrected chi connectivity index (χ4v) is 1.26. The van der Waals surface area contributed by atoms with Crippen molar-refractivity contribution in [1.29, 1.82) is 0 Å². The Labute approximate surface area is 88.9 Å². The Hall–Kier alpha value is -1.22. The van der Waals surface area contributed by atoms with Crippen LogP contribution >= 0.6 is 12.2 Å². The van der Waals surface area contributed by atoms with Gasteiger partial charge in [0.1, 0.15) is 0 Å². The van der Waals surface area contributed by atoms with Crippen molar-refractivity contribution in [3.8, 4) is 0 Å². The summed E-state index contributed by atoms with van der Waals surface area (Å²) in [4.78, 5) is 11.4. The summed E-state index contributed by atoms with van der Waals surface area (Å²) in [5.41, 5.74) is 0.958. The van der Waals surface area contributed by atoms with Gasteiger partial charge in [-0.3, -0.25) is 4.79 Å². The normalized spacial score (nSPS) is 9.50. The van der Waals surface area contributed by atoms with Crippen LogP contribution in [0.25, 0.3) is 0 Å². The summed E-state index contributed by atoms with van der Waals surface area (Å²) in [5, 5.41) is 0.0800. The van der Waals surface area contributed by atoms with Gasteiger partial charge in [-0.2, -0.15) is 0 Å². The predicted molar refractivity (Wildman–Crippen MR) is 59.4 cm³/mol. The van der Waals surface area contributed by atoms with E-state index in [4.69, 9.17) is 17.0 Å². The van der Waals surface area contributed by atoms with E-state index in [0.29, 0.717) is 13.0 Å². The minimum Gasteiger partial charge on any atom is -0.481 e.